The molecular weight excluding hydrogens is 548 g/mol. The van der Waals surface area contributed by atoms with Crippen LogP contribution in [0.3, 0.4) is 0 Å². The fraction of sp³-hybridized carbons (Fsp3) is 0.265. The number of aromatic nitrogens is 1. The fourth-order valence-electron chi connectivity index (χ4n) is 4.93. The molecule has 0 radical (unpaired) electrons. The summed E-state index contributed by atoms with van der Waals surface area (Å²) in [6, 6.07) is 22.7. The number of thiazole rings is 1. The SMILES string of the molecule is CCOc1cc(C=c2sc3n(c2=O)C(c2ccccc2)C(C(=O)OC(C)C)=C(C)N=3)ccc1OCc1cccc(C)c1. The molecule has 0 saturated carbocycles. The number of rotatable bonds is 9. The summed E-state index contributed by atoms with van der Waals surface area (Å²) >= 11 is 1.29. The van der Waals surface area contributed by atoms with Crippen molar-refractivity contribution < 1.29 is 19.0 Å². The van der Waals surface area contributed by atoms with Gasteiger partial charge in [-0.1, -0.05) is 77.6 Å². The van der Waals surface area contributed by atoms with Crippen LogP contribution in [0.15, 0.2) is 93.9 Å². The minimum Gasteiger partial charge on any atom is -0.490 e. The van der Waals surface area contributed by atoms with Crippen molar-refractivity contribution in [3.8, 4) is 11.5 Å². The first kappa shape index (κ1) is 29.1. The van der Waals surface area contributed by atoms with E-state index in [1.165, 1.54) is 16.9 Å². The molecule has 0 saturated heterocycles. The zero-order valence-electron chi connectivity index (χ0n) is 24.4. The fourth-order valence-corrected chi connectivity index (χ4v) is 5.97. The van der Waals surface area contributed by atoms with E-state index in [1.54, 1.807) is 25.3 Å². The first-order valence-electron chi connectivity index (χ1n) is 14.0. The number of ether oxygens (including phenoxy) is 3. The molecule has 3 aromatic carbocycles. The van der Waals surface area contributed by atoms with Crippen molar-refractivity contribution in [2.24, 2.45) is 4.99 Å². The minimum absolute atomic E-state index is 0.229. The summed E-state index contributed by atoms with van der Waals surface area (Å²) in [7, 11) is 0. The maximum atomic E-state index is 13.9. The molecule has 1 atom stereocenters. The Morgan fingerprint density at radius 3 is 2.50 bits per heavy atom. The Kier molecular flexibility index (Phi) is 8.73. The highest BCUT2D eigenvalue weighted by molar-refractivity contribution is 7.07. The van der Waals surface area contributed by atoms with Gasteiger partial charge in [0.25, 0.3) is 5.56 Å². The lowest BCUT2D eigenvalue weighted by atomic mass is 9.96. The van der Waals surface area contributed by atoms with Crippen LogP contribution in [0, 0.1) is 6.92 Å². The van der Waals surface area contributed by atoms with Crippen LogP contribution in [0.4, 0.5) is 0 Å². The number of aryl methyl sites for hydroxylation is 1. The number of nitrogens with zero attached hydrogens (tertiary/aromatic N) is 2. The number of fused-ring (bicyclic) bond motifs is 1. The van der Waals surface area contributed by atoms with Gasteiger partial charge in [-0.3, -0.25) is 9.36 Å². The predicted octanol–water partition coefficient (Wildman–Crippen LogP) is 5.47. The van der Waals surface area contributed by atoms with Crippen LogP contribution >= 0.6 is 11.3 Å². The Morgan fingerprint density at radius 2 is 1.79 bits per heavy atom. The number of hydrogen-bond donors (Lipinski definition) is 0. The average molecular weight is 583 g/mol. The van der Waals surface area contributed by atoms with Gasteiger partial charge in [-0.25, -0.2) is 9.79 Å². The smallest absolute Gasteiger partial charge is 0.338 e. The summed E-state index contributed by atoms with van der Waals surface area (Å²) in [6.45, 7) is 10.2. The van der Waals surface area contributed by atoms with Crippen molar-refractivity contribution in [2.75, 3.05) is 6.61 Å². The van der Waals surface area contributed by atoms with Crippen molar-refractivity contribution in [1.82, 2.24) is 4.57 Å². The second kappa shape index (κ2) is 12.6. The molecule has 1 aromatic heterocycles. The highest BCUT2D eigenvalue weighted by Crippen LogP contribution is 2.32. The number of hydrogen-bond acceptors (Lipinski definition) is 7. The Labute approximate surface area is 249 Å². The first-order valence-corrected chi connectivity index (χ1v) is 14.8. The lowest BCUT2D eigenvalue weighted by Gasteiger charge is -2.25. The van der Waals surface area contributed by atoms with Gasteiger partial charge in [0.2, 0.25) is 0 Å². The lowest BCUT2D eigenvalue weighted by molar-refractivity contribution is -0.143. The van der Waals surface area contributed by atoms with Crippen LogP contribution in [0.2, 0.25) is 0 Å². The van der Waals surface area contributed by atoms with Crippen molar-refractivity contribution in [3.05, 3.63) is 126 Å². The molecule has 2 heterocycles. The largest absolute Gasteiger partial charge is 0.490 e. The standard InChI is InChI=1S/C34H34N2O5S/c1-6-39-28-18-24(15-16-27(28)40-20-25-12-10-11-22(4)17-25)19-29-32(37)36-31(26-13-8-7-9-14-26)30(33(38)41-21(2)3)23(5)35-34(36)42-29/h7-19,21,31H,6,20H2,1-5H3. The van der Waals surface area contributed by atoms with E-state index in [2.05, 4.69) is 24.0 Å². The van der Waals surface area contributed by atoms with Gasteiger partial charge in [-0.15, -0.1) is 0 Å². The van der Waals surface area contributed by atoms with Gasteiger partial charge in [0.1, 0.15) is 6.61 Å². The lowest BCUT2D eigenvalue weighted by Crippen LogP contribution is -2.40. The number of esters is 1. The maximum absolute atomic E-state index is 13.9. The molecular formula is C34H34N2O5S. The van der Waals surface area contributed by atoms with Gasteiger partial charge in [0.05, 0.1) is 34.6 Å². The molecule has 0 spiro atoms. The van der Waals surface area contributed by atoms with E-state index >= 15 is 0 Å². The van der Waals surface area contributed by atoms with E-state index < -0.39 is 12.0 Å². The molecule has 0 amide bonds. The number of carbonyl (C=O) groups excluding carboxylic acids is 1. The second-order valence-electron chi connectivity index (χ2n) is 10.4. The Morgan fingerprint density at radius 1 is 1.00 bits per heavy atom. The minimum atomic E-state index is -0.646. The van der Waals surface area contributed by atoms with Gasteiger partial charge in [0.15, 0.2) is 16.3 Å². The number of benzene rings is 3. The molecule has 5 rings (SSSR count). The first-order chi connectivity index (χ1) is 20.2. The van der Waals surface area contributed by atoms with E-state index in [9.17, 15) is 9.59 Å². The summed E-state index contributed by atoms with van der Waals surface area (Å²) in [6.07, 6.45) is 1.52. The van der Waals surface area contributed by atoms with Crippen LogP contribution in [0.1, 0.15) is 56.0 Å². The molecule has 0 aliphatic carbocycles. The van der Waals surface area contributed by atoms with Crippen LogP contribution in [-0.2, 0) is 16.1 Å². The zero-order chi connectivity index (χ0) is 29.8. The molecule has 42 heavy (non-hydrogen) atoms. The summed E-state index contributed by atoms with van der Waals surface area (Å²) in [5.41, 5.74) is 4.52. The monoisotopic (exact) mass is 582 g/mol. The molecule has 0 N–H and O–H groups in total. The molecule has 216 valence electrons. The van der Waals surface area contributed by atoms with Crippen LogP contribution in [0.25, 0.3) is 6.08 Å². The summed E-state index contributed by atoms with van der Waals surface area (Å²) in [5, 5.41) is 0. The number of carbonyl (C=O) groups is 1. The maximum Gasteiger partial charge on any atom is 0.338 e. The Balaban J connectivity index is 1.54. The normalized spacial score (nSPS) is 14.9. The van der Waals surface area contributed by atoms with E-state index in [4.69, 9.17) is 14.2 Å². The third-order valence-electron chi connectivity index (χ3n) is 6.74. The van der Waals surface area contributed by atoms with Crippen molar-refractivity contribution in [3.63, 3.8) is 0 Å². The van der Waals surface area contributed by atoms with Crippen LogP contribution in [0.5, 0.6) is 11.5 Å². The van der Waals surface area contributed by atoms with Gasteiger partial charge in [-0.2, -0.15) is 0 Å². The van der Waals surface area contributed by atoms with Gasteiger partial charge >= 0.3 is 5.97 Å². The molecule has 1 unspecified atom stereocenters. The molecule has 8 heteroatoms. The molecule has 4 aromatic rings. The third kappa shape index (κ3) is 6.24. The van der Waals surface area contributed by atoms with E-state index in [-0.39, 0.29) is 11.7 Å². The summed E-state index contributed by atoms with van der Waals surface area (Å²) in [4.78, 5) is 32.3. The van der Waals surface area contributed by atoms with Crippen LogP contribution < -0.4 is 24.4 Å². The third-order valence-corrected chi connectivity index (χ3v) is 7.72. The average Bonchev–Trinajstić information content (AvgIpc) is 3.26. The van der Waals surface area contributed by atoms with Crippen molar-refractivity contribution in [1.29, 1.82) is 0 Å². The molecule has 0 fully saturated rings. The van der Waals surface area contributed by atoms with Gasteiger partial charge < -0.3 is 14.2 Å². The molecule has 1 aliphatic rings. The quantitative estimate of drug-likeness (QED) is 0.245. The van der Waals surface area contributed by atoms with E-state index in [0.717, 1.165) is 16.7 Å². The predicted molar refractivity (Wildman–Crippen MR) is 165 cm³/mol. The zero-order valence-corrected chi connectivity index (χ0v) is 25.2. The highest BCUT2D eigenvalue weighted by Gasteiger charge is 2.33. The van der Waals surface area contributed by atoms with Crippen LogP contribution in [-0.4, -0.2) is 23.2 Å². The van der Waals surface area contributed by atoms with E-state index in [0.29, 0.717) is 45.3 Å². The summed E-state index contributed by atoms with van der Waals surface area (Å²) in [5.74, 6) is 0.755. The van der Waals surface area contributed by atoms with Crippen molar-refractivity contribution in [2.45, 2.75) is 53.4 Å². The Hall–Kier alpha value is -4.43. The van der Waals surface area contributed by atoms with Gasteiger partial charge in [-0.05, 0) is 69.5 Å². The molecule has 1 aliphatic heterocycles. The molecule has 0 bridgehead atoms. The number of allylic oxidation sites excluding steroid dienone is 1. The van der Waals surface area contributed by atoms with E-state index in [1.807, 2.05) is 73.7 Å². The second-order valence-corrected chi connectivity index (χ2v) is 11.4. The topological polar surface area (TPSA) is 79.1 Å². The highest BCUT2D eigenvalue weighted by atomic mass is 32.1. The van der Waals surface area contributed by atoms with Crippen molar-refractivity contribution >= 4 is 23.4 Å². The summed E-state index contributed by atoms with van der Waals surface area (Å²) < 4.78 is 19.7. The van der Waals surface area contributed by atoms with Gasteiger partial charge in [0, 0.05) is 0 Å². The Bertz CT molecular complexity index is 1820. The molecule has 7 nitrogen and oxygen atoms in total.